The van der Waals surface area contributed by atoms with Crippen molar-refractivity contribution in [3.63, 3.8) is 0 Å². The number of benzene rings is 1. The minimum Gasteiger partial charge on any atom is -0.325 e. The summed E-state index contributed by atoms with van der Waals surface area (Å²) in [4.78, 5) is 26.7. The van der Waals surface area contributed by atoms with Gasteiger partial charge in [-0.15, -0.1) is 0 Å². The summed E-state index contributed by atoms with van der Waals surface area (Å²) >= 11 is 0. The van der Waals surface area contributed by atoms with Gasteiger partial charge in [0.15, 0.2) is 5.65 Å². The SMILES string of the molecule is Cc1cc2ncccc2cc1Nc1ncc2c(n1)n([C@H]1CC[C@@](C)(N)CC1)c(=O)n2C. The van der Waals surface area contributed by atoms with E-state index in [-0.39, 0.29) is 17.3 Å². The van der Waals surface area contributed by atoms with Crippen molar-refractivity contribution in [3.05, 3.63) is 52.7 Å². The summed E-state index contributed by atoms with van der Waals surface area (Å²) in [6.45, 7) is 4.11. The first-order valence-corrected chi connectivity index (χ1v) is 10.7. The summed E-state index contributed by atoms with van der Waals surface area (Å²) < 4.78 is 3.46. The molecule has 8 nitrogen and oxygen atoms in total. The topological polar surface area (TPSA) is 104 Å². The molecule has 1 saturated carbocycles. The van der Waals surface area contributed by atoms with Crippen molar-refractivity contribution < 1.29 is 0 Å². The van der Waals surface area contributed by atoms with Crippen LogP contribution in [0.25, 0.3) is 22.1 Å². The number of anilines is 2. The molecule has 1 aromatic carbocycles. The Morgan fingerprint density at radius 1 is 1.23 bits per heavy atom. The smallest absolute Gasteiger partial charge is 0.325 e. The van der Waals surface area contributed by atoms with E-state index in [0.29, 0.717) is 11.6 Å². The number of nitrogens with one attached hydrogen (secondary N) is 1. The molecule has 0 aliphatic heterocycles. The lowest BCUT2D eigenvalue weighted by Crippen LogP contribution is -2.41. The Morgan fingerprint density at radius 2 is 2.00 bits per heavy atom. The zero-order chi connectivity index (χ0) is 21.8. The third-order valence-electron chi connectivity index (χ3n) is 6.49. The zero-order valence-corrected chi connectivity index (χ0v) is 18.1. The van der Waals surface area contributed by atoms with Crippen molar-refractivity contribution >= 4 is 33.7 Å². The Kier molecular flexibility index (Phi) is 4.55. The number of rotatable bonds is 3. The third-order valence-corrected chi connectivity index (χ3v) is 6.49. The van der Waals surface area contributed by atoms with Gasteiger partial charge in [-0.2, -0.15) is 4.98 Å². The van der Waals surface area contributed by atoms with Crippen LogP contribution in [0.1, 0.15) is 44.2 Å². The molecule has 3 N–H and O–H groups in total. The minimum absolute atomic E-state index is 0.0555. The highest BCUT2D eigenvalue weighted by Gasteiger charge is 2.30. The molecule has 0 spiro atoms. The average molecular weight is 418 g/mol. The van der Waals surface area contributed by atoms with Crippen LogP contribution >= 0.6 is 0 Å². The molecule has 3 heterocycles. The van der Waals surface area contributed by atoms with Crippen LogP contribution in [0.4, 0.5) is 11.6 Å². The second kappa shape index (κ2) is 7.16. The first-order valence-electron chi connectivity index (χ1n) is 10.7. The first-order chi connectivity index (χ1) is 14.8. The van der Waals surface area contributed by atoms with Crippen LogP contribution in [0.5, 0.6) is 0 Å². The molecule has 8 heteroatoms. The Morgan fingerprint density at radius 3 is 2.77 bits per heavy atom. The van der Waals surface area contributed by atoms with Crippen molar-refractivity contribution in [1.82, 2.24) is 24.1 Å². The number of hydrogen-bond donors (Lipinski definition) is 2. The summed E-state index contributed by atoms with van der Waals surface area (Å²) in [7, 11) is 1.77. The van der Waals surface area contributed by atoms with Crippen molar-refractivity contribution in [1.29, 1.82) is 0 Å². The van der Waals surface area contributed by atoms with E-state index in [0.717, 1.165) is 53.4 Å². The van der Waals surface area contributed by atoms with Gasteiger partial charge in [-0.25, -0.2) is 9.78 Å². The highest BCUT2D eigenvalue weighted by Crippen LogP contribution is 2.34. The molecule has 5 rings (SSSR count). The fraction of sp³-hybridized carbons (Fsp3) is 0.391. The first kappa shape index (κ1) is 19.7. The van der Waals surface area contributed by atoms with Crippen molar-refractivity contribution in [2.75, 3.05) is 5.32 Å². The maximum absolute atomic E-state index is 13.0. The van der Waals surface area contributed by atoms with Gasteiger partial charge in [-0.3, -0.25) is 14.1 Å². The predicted octanol–water partition coefficient (Wildman–Crippen LogP) is 3.56. The third kappa shape index (κ3) is 3.46. The normalized spacial score (nSPS) is 21.6. The molecular weight excluding hydrogens is 390 g/mol. The summed E-state index contributed by atoms with van der Waals surface area (Å²) in [5.41, 5.74) is 10.4. The fourth-order valence-corrected chi connectivity index (χ4v) is 4.53. The Hall–Kier alpha value is -3.26. The molecular formula is C23H27N7O. The van der Waals surface area contributed by atoms with Crippen LogP contribution in [0.3, 0.4) is 0 Å². The van der Waals surface area contributed by atoms with Crippen LogP contribution in [-0.4, -0.2) is 29.6 Å². The number of fused-ring (bicyclic) bond motifs is 2. The maximum atomic E-state index is 13.0. The molecule has 0 bridgehead atoms. The number of aromatic nitrogens is 5. The lowest BCUT2D eigenvalue weighted by molar-refractivity contribution is 0.251. The highest BCUT2D eigenvalue weighted by molar-refractivity contribution is 5.85. The summed E-state index contributed by atoms with van der Waals surface area (Å²) in [6, 6.07) is 8.14. The van der Waals surface area contributed by atoms with Crippen molar-refractivity contribution in [2.24, 2.45) is 12.8 Å². The highest BCUT2D eigenvalue weighted by atomic mass is 16.1. The van der Waals surface area contributed by atoms with Gasteiger partial charge in [0.1, 0.15) is 5.52 Å². The van der Waals surface area contributed by atoms with Crippen LogP contribution < -0.4 is 16.7 Å². The second-order valence-corrected chi connectivity index (χ2v) is 8.99. The van der Waals surface area contributed by atoms with Crippen LogP contribution in [-0.2, 0) is 7.05 Å². The molecule has 31 heavy (non-hydrogen) atoms. The van der Waals surface area contributed by atoms with E-state index in [9.17, 15) is 4.79 Å². The van der Waals surface area contributed by atoms with E-state index < -0.39 is 0 Å². The Bertz CT molecular complexity index is 1340. The minimum atomic E-state index is -0.158. The van der Waals surface area contributed by atoms with E-state index in [2.05, 4.69) is 22.2 Å². The number of hydrogen-bond acceptors (Lipinski definition) is 6. The maximum Gasteiger partial charge on any atom is 0.330 e. The fourth-order valence-electron chi connectivity index (χ4n) is 4.53. The molecule has 0 saturated heterocycles. The van der Waals surface area contributed by atoms with Gasteiger partial charge in [0.25, 0.3) is 0 Å². The van der Waals surface area contributed by atoms with Crippen LogP contribution in [0.15, 0.2) is 41.5 Å². The van der Waals surface area contributed by atoms with Gasteiger partial charge in [0, 0.05) is 35.9 Å². The van der Waals surface area contributed by atoms with E-state index in [1.54, 1.807) is 24.0 Å². The van der Waals surface area contributed by atoms with Gasteiger partial charge >= 0.3 is 5.69 Å². The van der Waals surface area contributed by atoms with Gasteiger partial charge in [0.05, 0.1) is 11.7 Å². The average Bonchev–Trinajstić information content (AvgIpc) is 2.99. The molecule has 1 aliphatic carbocycles. The Balaban J connectivity index is 1.54. The van der Waals surface area contributed by atoms with Crippen LogP contribution in [0.2, 0.25) is 0 Å². The zero-order valence-electron chi connectivity index (χ0n) is 18.1. The predicted molar refractivity (Wildman–Crippen MR) is 123 cm³/mol. The molecule has 1 aliphatic rings. The molecule has 1 fully saturated rings. The monoisotopic (exact) mass is 417 g/mol. The van der Waals surface area contributed by atoms with Crippen LogP contribution in [0, 0.1) is 6.92 Å². The van der Waals surface area contributed by atoms with Gasteiger partial charge in [0.2, 0.25) is 5.95 Å². The number of pyridine rings is 1. The standard InChI is InChI=1S/C23H27N7O/c1-14-11-18-15(5-4-10-25-18)12-17(14)27-21-26-13-19-20(28-21)30(22(31)29(19)3)16-6-8-23(2,24)9-7-16/h4-5,10-13,16H,6-9,24H2,1-3H3,(H,26,27,28)/t16-,23+. The Labute approximate surface area is 180 Å². The number of nitrogens with two attached hydrogens (primary N) is 1. The number of imidazole rings is 1. The van der Waals surface area contributed by atoms with Gasteiger partial charge in [-0.1, -0.05) is 6.07 Å². The molecule has 0 amide bonds. The largest absolute Gasteiger partial charge is 0.330 e. The molecule has 0 atom stereocenters. The summed E-state index contributed by atoms with van der Waals surface area (Å²) in [5, 5.41) is 4.38. The van der Waals surface area contributed by atoms with E-state index in [1.807, 2.05) is 35.8 Å². The van der Waals surface area contributed by atoms with Crippen molar-refractivity contribution in [3.8, 4) is 0 Å². The molecule has 4 aromatic rings. The summed E-state index contributed by atoms with van der Waals surface area (Å²) in [5.74, 6) is 0.470. The lowest BCUT2D eigenvalue weighted by Gasteiger charge is -2.34. The summed E-state index contributed by atoms with van der Waals surface area (Å²) in [6.07, 6.45) is 7.03. The molecule has 3 aromatic heterocycles. The molecule has 0 radical (unpaired) electrons. The van der Waals surface area contributed by atoms with E-state index in [4.69, 9.17) is 10.7 Å². The van der Waals surface area contributed by atoms with Crippen molar-refractivity contribution in [2.45, 2.75) is 51.1 Å². The van der Waals surface area contributed by atoms with Gasteiger partial charge in [-0.05, 0) is 63.3 Å². The van der Waals surface area contributed by atoms with E-state index in [1.165, 1.54) is 0 Å². The number of nitrogens with zero attached hydrogens (tertiary/aromatic N) is 5. The molecule has 160 valence electrons. The van der Waals surface area contributed by atoms with Gasteiger partial charge < -0.3 is 11.1 Å². The van der Waals surface area contributed by atoms with E-state index >= 15 is 0 Å². The lowest BCUT2D eigenvalue weighted by atomic mass is 9.81. The quantitative estimate of drug-likeness (QED) is 0.528. The second-order valence-electron chi connectivity index (χ2n) is 8.99. The molecule has 0 unspecified atom stereocenters. The number of aryl methyl sites for hydroxylation is 2.